The van der Waals surface area contributed by atoms with E-state index in [9.17, 15) is 0 Å². The van der Waals surface area contributed by atoms with Gasteiger partial charge in [0.1, 0.15) is 13.1 Å². The van der Waals surface area contributed by atoms with Crippen LogP contribution in [0.1, 0.15) is 192 Å². The number of hydrogen-bond donors (Lipinski definition) is 0. The van der Waals surface area contributed by atoms with E-state index >= 15 is 0 Å². The van der Waals surface area contributed by atoms with Crippen LogP contribution in [0.4, 0.5) is 0 Å². The third kappa shape index (κ3) is 20.4. The highest BCUT2D eigenvalue weighted by atomic mass is 15.0. The summed E-state index contributed by atoms with van der Waals surface area (Å²) in [6.07, 6.45) is 43.5. The summed E-state index contributed by atoms with van der Waals surface area (Å²) in [6.45, 7) is 7.01. The van der Waals surface area contributed by atoms with Crippen LogP contribution in [0.25, 0.3) is 0 Å². The molecule has 2 heterocycles. The van der Waals surface area contributed by atoms with Crippen molar-refractivity contribution in [3.05, 3.63) is 60.2 Å². The molecule has 0 radical (unpaired) electrons. The molecule has 44 heavy (non-hydrogen) atoms. The van der Waals surface area contributed by atoms with Gasteiger partial charge in [-0.15, -0.1) is 0 Å². The summed E-state index contributed by atoms with van der Waals surface area (Å²) in [7, 11) is 0. The summed E-state index contributed by atoms with van der Waals surface area (Å²) in [6, 6.07) is 13.6. The molecule has 0 N–H and O–H groups in total. The fourth-order valence-corrected chi connectivity index (χ4v) is 6.77. The van der Waals surface area contributed by atoms with Crippen molar-refractivity contribution >= 4 is 0 Å². The first kappa shape index (κ1) is 38.5. The molecule has 2 heteroatoms. The Labute approximate surface area is 275 Å². The Hall–Kier alpha value is -1.70. The number of aromatic nitrogens is 2. The maximum Gasteiger partial charge on any atom is 0.181 e. The molecule has 0 saturated carbocycles. The van der Waals surface area contributed by atoms with Gasteiger partial charge in [-0.05, 0) is 25.7 Å². The summed E-state index contributed by atoms with van der Waals surface area (Å²) >= 11 is 0. The maximum absolute atomic E-state index is 2.54. The Kier molecular flexibility index (Phi) is 25.1. The minimum atomic E-state index is 1.20. The Morgan fingerprint density at radius 1 is 0.341 bits per heavy atom. The van der Waals surface area contributed by atoms with Crippen molar-refractivity contribution in [1.29, 1.82) is 0 Å². The van der Waals surface area contributed by atoms with E-state index in [4.69, 9.17) is 0 Å². The average molecular weight is 607 g/mol. The van der Waals surface area contributed by atoms with Crippen molar-refractivity contribution in [1.82, 2.24) is 0 Å². The first-order valence-corrected chi connectivity index (χ1v) is 19.8. The molecule has 2 nitrogen and oxygen atoms in total. The van der Waals surface area contributed by atoms with Crippen LogP contribution in [0.3, 0.4) is 0 Å². The monoisotopic (exact) mass is 607 g/mol. The Bertz CT molecular complexity index is 817. The minimum absolute atomic E-state index is 1.20. The number of nitrogens with zero attached hydrogens (tertiary/aromatic N) is 2. The number of unbranched alkanes of at least 4 members (excludes halogenated alkanes) is 23. The van der Waals surface area contributed by atoms with Crippen molar-refractivity contribution in [2.45, 2.75) is 207 Å². The van der Waals surface area contributed by atoms with Crippen LogP contribution in [0.5, 0.6) is 0 Å². The summed E-state index contributed by atoms with van der Waals surface area (Å²) in [5.41, 5.74) is 3.08. The molecule has 250 valence electrons. The van der Waals surface area contributed by atoms with Crippen LogP contribution in [0.2, 0.25) is 0 Å². The van der Waals surface area contributed by atoms with Crippen LogP contribution in [-0.2, 0) is 25.9 Å². The van der Waals surface area contributed by atoms with E-state index in [0.29, 0.717) is 0 Å². The molecule has 0 atom stereocenters. The molecule has 0 amide bonds. The molecule has 0 spiro atoms. The van der Waals surface area contributed by atoms with Crippen molar-refractivity contribution in [2.75, 3.05) is 0 Å². The zero-order valence-electron chi connectivity index (χ0n) is 29.7. The zero-order chi connectivity index (χ0) is 31.2. The van der Waals surface area contributed by atoms with E-state index in [1.165, 1.54) is 193 Å². The van der Waals surface area contributed by atoms with Gasteiger partial charge in [0.2, 0.25) is 0 Å². The van der Waals surface area contributed by atoms with Gasteiger partial charge in [0.25, 0.3) is 0 Å². The van der Waals surface area contributed by atoms with Crippen molar-refractivity contribution < 1.29 is 9.13 Å². The molecule has 0 saturated heterocycles. The molecular formula is C42H74N2+2. The van der Waals surface area contributed by atoms with Crippen LogP contribution < -0.4 is 9.13 Å². The van der Waals surface area contributed by atoms with E-state index in [0.717, 1.165) is 0 Å². The summed E-state index contributed by atoms with van der Waals surface area (Å²) < 4.78 is 5.07. The Balaban J connectivity index is 1.48. The highest BCUT2D eigenvalue weighted by Gasteiger charge is 2.10. The Morgan fingerprint density at radius 3 is 0.977 bits per heavy atom. The normalized spacial score (nSPS) is 11.4. The lowest BCUT2D eigenvalue weighted by Gasteiger charge is -2.06. The second-order valence-corrected chi connectivity index (χ2v) is 13.8. The minimum Gasteiger partial charge on any atom is -0.202 e. The molecule has 0 aliphatic carbocycles. The van der Waals surface area contributed by atoms with E-state index in [2.05, 4.69) is 71.8 Å². The van der Waals surface area contributed by atoms with E-state index < -0.39 is 0 Å². The van der Waals surface area contributed by atoms with Gasteiger partial charge >= 0.3 is 0 Å². The number of hydrogen-bond acceptors (Lipinski definition) is 0. The topological polar surface area (TPSA) is 7.76 Å². The SMILES string of the molecule is CCCCCCCCCCCC[n+]1ccccc1CCCCCCCCc1cccc[n+]1CCCCCCCCCCCC. The lowest BCUT2D eigenvalue weighted by molar-refractivity contribution is -0.704. The highest BCUT2D eigenvalue weighted by molar-refractivity contribution is 4.98. The third-order valence-corrected chi connectivity index (χ3v) is 9.69. The van der Waals surface area contributed by atoms with Gasteiger partial charge < -0.3 is 0 Å². The van der Waals surface area contributed by atoms with Gasteiger partial charge in [0.05, 0.1) is 0 Å². The number of aryl methyl sites for hydroxylation is 4. The van der Waals surface area contributed by atoms with Crippen molar-refractivity contribution in [3.63, 3.8) is 0 Å². The summed E-state index contributed by atoms with van der Waals surface area (Å²) in [5.74, 6) is 0. The summed E-state index contributed by atoms with van der Waals surface area (Å²) in [5, 5.41) is 0. The van der Waals surface area contributed by atoms with Gasteiger partial charge in [-0.25, -0.2) is 9.13 Å². The summed E-state index contributed by atoms with van der Waals surface area (Å²) in [4.78, 5) is 0. The van der Waals surface area contributed by atoms with Crippen LogP contribution >= 0.6 is 0 Å². The molecule has 0 aliphatic heterocycles. The fourth-order valence-electron chi connectivity index (χ4n) is 6.77. The van der Waals surface area contributed by atoms with Crippen LogP contribution in [0, 0.1) is 0 Å². The lowest BCUT2D eigenvalue weighted by atomic mass is 10.0. The fraction of sp³-hybridized carbons (Fsp3) is 0.762. The van der Waals surface area contributed by atoms with Gasteiger partial charge in [-0.1, -0.05) is 154 Å². The molecule has 0 fully saturated rings. The van der Waals surface area contributed by atoms with Crippen LogP contribution in [-0.4, -0.2) is 0 Å². The molecule has 0 unspecified atom stereocenters. The lowest BCUT2D eigenvalue weighted by Crippen LogP contribution is -2.38. The third-order valence-electron chi connectivity index (χ3n) is 9.69. The number of rotatable bonds is 31. The van der Waals surface area contributed by atoms with Crippen molar-refractivity contribution in [2.24, 2.45) is 0 Å². The van der Waals surface area contributed by atoms with Gasteiger partial charge in [-0.2, -0.15) is 0 Å². The highest BCUT2D eigenvalue weighted by Crippen LogP contribution is 2.13. The van der Waals surface area contributed by atoms with E-state index in [-0.39, 0.29) is 0 Å². The second kappa shape index (κ2) is 28.8. The maximum atomic E-state index is 2.54. The van der Waals surface area contributed by atoms with E-state index in [1.807, 2.05) is 0 Å². The standard InChI is InChI=1S/C42H74N2/c1-3-5-7-9-11-13-15-19-23-29-37-43-39-31-27-35-41(43)33-25-21-17-18-22-26-34-42-36-28-32-40-44(42)38-30-24-20-16-14-12-10-8-6-4-2/h27-28,31-32,35-36,39-40H,3-26,29-30,33-34,37-38H2,1-2H3/q+2. The smallest absolute Gasteiger partial charge is 0.181 e. The first-order chi connectivity index (χ1) is 21.8. The quantitative estimate of drug-likeness (QED) is 0.0596. The largest absolute Gasteiger partial charge is 0.202 e. The first-order valence-electron chi connectivity index (χ1n) is 19.8. The molecule has 0 bridgehead atoms. The van der Waals surface area contributed by atoms with E-state index in [1.54, 1.807) is 11.4 Å². The molecule has 0 aliphatic rings. The number of pyridine rings is 2. The predicted octanol–water partition coefficient (Wildman–Crippen LogP) is 12.2. The Morgan fingerprint density at radius 2 is 0.636 bits per heavy atom. The van der Waals surface area contributed by atoms with Gasteiger partial charge in [0.15, 0.2) is 23.8 Å². The molecule has 2 aromatic rings. The molecule has 2 rings (SSSR count). The molecule has 2 aromatic heterocycles. The molecular weight excluding hydrogens is 532 g/mol. The molecule has 0 aromatic carbocycles. The predicted molar refractivity (Wildman–Crippen MR) is 192 cm³/mol. The second-order valence-electron chi connectivity index (χ2n) is 13.8. The van der Waals surface area contributed by atoms with Gasteiger partial charge in [0, 0.05) is 49.9 Å². The average Bonchev–Trinajstić information content (AvgIpc) is 3.05. The zero-order valence-corrected chi connectivity index (χ0v) is 29.7. The van der Waals surface area contributed by atoms with Crippen molar-refractivity contribution in [3.8, 4) is 0 Å². The van der Waals surface area contributed by atoms with Gasteiger partial charge in [-0.3, -0.25) is 0 Å². The van der Waals surface area contributed by atoms with Crippen LogP contribution in [0.15, 0.2) is 48.8 Å².